The lowest BCUT2D eigenvalue weighted by molar-refractivity contribution is -0.112. The van der Waals surface area contributed by atoms with E-state index in [1.165, 1.54) is 32.1 Å². The largest absolute Gasteiger partial charge is 0.310 e. The van der Waals surface area contributed by atoms with Gasteiger partial charge < -0.3 is 4.79 Å². The molecule has 13 heavy (non-hydrogen) atoms. The molecule has 1 rings (SSSR count). The van der Waals surface area contributed by atoms with E-state index in [1.54, 1.807) is 0 Å². The smallest absolute Gasteiger partial charge is 0.292 e. The quantitative estimate of drug-likeness (QED) is 0.572. The zero-order chi connectivity index (χ0) is 9.68. The zero-order valence-corrected chi connectivity index (χ0v) is 10.5. The van der Waals surface area contributed by atoms with Gasteiger partial charge in [0, 0.05) is 0 Å². The average molecular weight is 292 g/mol. The van der Waals surface area contributed by atoms with Crippen molar-refractivity contribution in [2.45, 2.75) is 51.8 Å². The fraction of sp³-hybridized carbons (Fsp3) is 0.900. The van der Waals surface area contributed by atoms with Crippen molar-refractivity contribution in [3.63, 3.8) is 0 Å². The lowest BCUT2D eigenvalue weighted by atomic mass is 9.72. The highest BCUT2D eigenvalue weighted by atomic mass is 127. The predicted molar refractivity (Wildman–Crippen MR) is 66.5 cm³/mol. The minimum atomic E-state index is 0.209. The van der Waals surface area contributed by atoms with E-state index >= 15 is 0 Å². The number of rotatable bonds is 4. The summed E-state index contributed by atoms with van der Waals surface area (Å²) in [5.41, 5.74) is 0.436. The minimum Gasteiger partial charge on any atom is -0.310 e. The molecule has 1 aliphatic carbocycles. The van der Waals surface area contributed by atoms with Crippen molar-refractivity contribution >= 4 is 32.6 Å². The molecule has 0 radical (unpaired) electrons. The van der Waals surface area contributed by atoms with Crippen molar-refractivity contribution in [3.8, 4) is 0 Å². The average Bonchev–Trinajstić information content (AvgIpc) is 2.15. The van der Waals surface area contributed by atoms with Gasteiger partial charge in [-0.3, -0.25) is 0 Å². The maximum absolute atomic E-state index is 11.4. The number of hydrogen-bond donors (Lipinski definition) is 0. The summed E-state index contributed by atoms with van der Waals surface area (Å²) in [7, 11) is 0. The Morgan fingerprint density at radius 2 is 2.00 bits per heavy atom. The van der Waals surface area contributed by atoms with Gasteiger partial charge in [0.25, 0.3) is 4.57 Å². The van der Waals surface area contributed by atoms with E-state index in [-0.39, 0.29) is 4.57 Å². The minimum absolute atomic E-state index is 0.209. The molecule has 0 N–H and O–H groups in total. The van der Waals surface area contributed by atoms with Crippen molar-refractivity contribution in [1.82, 2.24) is 0 Å². The normalized spacial score (nSPS) is 18.6. The summed E-state index contributed by atoms with van der Waals surface area (Å²) in [6, 6.07) is 0. The summed E-state index contributed by atoms with van der Waals surface area (Å²) in [5.74, 6) is 0.854. The first-order valence-corrected chi connectivity index (χ1v) is 6.61. The predicted octanol–water partition coefficient (Wildman–Crippen LogP) is 3.51. The number of hydrogen-bond acceptors (Lipinski definition) is 1. The SMILES string of the molecule is CB(I)C(=O)CCC1CCCCC1. The highest BCUT2D eigenvalue weighted by molar-refractivity contribution is 14.1. The van der Waals surface area contributed by atoms with E-state index in [1.807, 2.05) is 6.82 Å². The highest BCUT2D eigenvalue weighted by Gasteiger charge is 2.17. The Kier molecular flexibility index (Phi) is 5.36. The van der Waals surface area contributed by atoms with Gasteiger partial charge in [0.1, 0.15) is 5.68 Å². The Bertz CT molecular complexity index is 164. The van der Waals surface area contributed by atoms with Gasteiger partial charge in [0.05, 0.1) is 0 Å². The van der Waals surface area contributed by atoms with Crippen LogP contribution >= 0.6 is 22.4 Å². The second-order valence-corrected chi connectivity index (χ2v) is 5.99. The van der Waals surface area contributed by atoms with Gasteiger partial charge in [-0.1, -0.05) is 38.9 Å². The third-order valence-corrected chi connectivity index (χ3v) is 3.66. The number of carbonyl (C=O) groups is 1. The maximum Gasteiger partial charge on any atom is 0.292 e. The molecule has 0 atom stereocenters. The van der Waals surface area contributed by atoms with Crippen LogP contribution in [0.15, 0.2) is 0 Å². The molecule has 1 fully saturated rings. The second kappa shape index (κ2) is 6.04. The van der Waals surface area contributed by atoms with Crippen molar-refractivity contribution in [3.05, 3.63) is 0 Å². The molecule has 1 aliphatic rings. The standard InChI is InChI=1S/C10H18BIO/c1-11(12)10(13)8-7-9-5-3-2-4-6-9/h9H,2-8H2,1H3. The van der Waals surface area contributed by atoms with Gasteiger partial charge >= 0.3 is 0 Å². The van der Waals surface area contributed by atoms with Gasteiger partial charge in [-0.25, -0.2) is 0 Å². The second-order valence-electron chi connectivity index (χ2n) is 4.13. The van der Waals surface area contributed by atoms with Crippen LogP contribution in [0, 0.1) is 5.92 Å². The lowest BCUT2D eigenvalue weighted by Crippen LogP contribution is -2.16. The fourth-order valence-corrected chi connectivity index (χ4v) is 2.33. The summed E-state index contributed by atoms with van der Waals surface area (Å²) >= 11 is 2.21. The molecule has 0 saturated heterocycles. The number of carbonyl (C=O) groups excluding carboxylic acids is 1. The fourth-order valence-electron chi connectivity index (χ4n) is 2.02. The van der Waals surface area contributed by atoms with Crippen LogP contribution in [0.1, 0.15) is 44.9 Å². The Morgan fingerprint density at radius 1 is 1.38 bits per heavy atom. The number of halogens is 1. The lowest BCUT2D eigenvalue weighted by Gasteiger charge is -2.20. The first-order chi connectivity index (χ1) is 6.20. The molecular formula is C10H18BIO. The molecule has 0 bridgehead atoms. The molecule has 0 aromatic heterocycles. The monoisotopic (exact) mass is 292 g/mol. The summed E-state index contributed by atoms with van der Waals surface area (Å²) in [6.45, 7) is 1.99. The third kappa shape index (κ3) is 4.48. The van der Waals surface area contributed by atoms with Gasteiger partial charge in [0.15, 0.2) is 0 Å². The molecular weight excluding hydrogens is 274 g/mol. The van der Waals surface area contributed by atoms with Crippen LogP contribution in [0.4, 0.5) is 0 Å². The molecule has 74 valence electrons. The summed E-state index contributed by atoms with van der Waals surface area (Å²) < 4.78 is 0.209. The molecule has 0 heterocycles. The van der Waals surface area contributed by atoms with E-state index in [0.29, 0.717) is 5.68 Å². The summed E-state index contributed by atoms with van der Waals surface area (Å²) in [4.78, 5) is 11.4. The van der Waals surface area contributed by atoms with E-state index in [2.05, 4.69) is 22.4 Å². The van der Waals surface area contributed by atoms with Crippen LogP contribution < -0.4 is 0 Å². The first kappa shape index (κ1) is 11.5. The molecule has 0 aliphatic heterocycles. The third-order valence-electron chi connectivity index (χ3n) is 2.97. The Balaban J connectivity index is 2.13. The topological polar surface area (TPSA) is 17.1 Å². The van der Waals surface area contributed by atoms with Gasteiger partial charge in [-0.15, -0.1) is 22.4 Å². The van der Waals surface area contributed by atoms with Gasteiger partial charge in [0.2, 0.25) is 0 Å². The molecule has 3 heteroatoms. The van der Waals surface area contributed by atoms with Crippen molar-refractivity contribution in [2.24, 2.45) is 5.92 Å². The van der Waals surface area contributed by atoms with Gasteiger partial charge in [-0.05, 0) is 18.8 Å². The first-order valence-electron chi connectivity index (χ1n) is 5.37. The van der Waals surface area contributed by atoms with E-state index in [9.17, 15) is 4.79 Å². The van der Waals surface area contributed by atoms with Crippen molar-refractivity contribution in [1.29, 1.82) is 0 Å². The Labute approximate surface area is 95.0 Å². The van der Waals surface area contributed by atoms with Crippen LogP contribution in [0.5, 0.6) is 0 Å². The van der Waals surface area contributed by atoms with Gasteiger partial charge in [-0.2, -0.15) is 0 Å². The molecule has 0 amide bonds. The molecule has 0 aromatic rings. The van der Waals surface area contributed by atoms with E-state index in [0.717, 1.165) is 18.8 Å². The zero-order valence-electron chi connectivity index (χ0n) is 8.39. The van der Waals surface area contributed by atoms with Crippen LogP contribution in [0.25, 0.3) is 0 Å². The molecule has 1 nitrogen and oxygen atoms in total. The Hall–Kier alpha value is 0.465. The molecule has 0 aromatic carbocycles. The van der Waals surface area contributed by atoms with Crippen LogP contribution in [-0.2, 0) is 4.79 Å². The summed E-state index contributed by atoms with van der Waals surface area (Å²) in [5, 5.41) is 0. The maximum atomic E-state index is 11.4. The Morgan fingerprint density at radius 3 is 2.54 bits per heavy atom. The van der Waals surface area contributed by atoms with Crippen LogP contribution in [0.3, 0.4) is 0 Å². The summed E-state index contributed by atoms with van der Waals surface area (Å²) in [6.07, 6.45) is 8.87. The molecule has 0 spiro atoms. The van der Waals surface area contributed by atoms with E-state index < -0.39 is 0 Å². The van der Waals surface area contributed by atoms with Crippen LogP contribution in [-0.4, -0.2) is 10.3 Å². The van der Waals surface area contributed by atoms with Crippen molar-refractivity contribution < 1.29 is 4.79 Å². The van der Waals surface area contributed by atoms with Crippen LogP contribution in [0.2, 0.25) is 6.82 Å². The molecule has 0 unspecified atom stereocenters. The van der Waals surface area contributed by atoms with Crippen molar-refractivity contribution in [2.75, 3.05) is 0 Å². The molecule has 1 saturated carbocycles. The highest BCUT2D eigenvalue weighted by Crippen LogP contribution is 2.27. The van der Waals surface area contributed by atoms with E-state index in [4.69, 9.17) is 0 Å².